The van der Waals surface area contributed by atoms with Crippen LogP contribution in [0.2, 0.25) is 0 Å². The fraction of sp³-hybridized carbons (Fsp3) is 0.364. The Bertz CT molecular complexity index is 499. The zero-order chi connectivity index (χ0) is 13.3. The van der Waals surface area contributed by atoms with E-state index in [2.05, 4.69) is 5.32 Å². The minimum absolute atomic E-state index is 0.0533. The van der Waals surface area contributed by atoms with Gasteiger partial charge >= 0.3 is 12.0 Å². The number of aliphatic carboxylic acids is 1. The number of carbonyl (C=O) groups is 3. The van der Waals surface area contributed by atoms with Crippen molar-refractivity contribution in [2.75, 3.05) is 7.05 Å². The Hall–Kier alpha value is -1.89. The third kappa shape index (κ3) is 1.86. The molecule has 0 aromatic carbocycles. The summed E-state index contributed by atoms with van der Waals surface area (Å²) in [4.78, 5) is 36.1. The second kappa shape index (κ2) is 4.41. The number of carboxylic acid groups (broad SMARTS) is 1. The minimum Gasteiger partial charge on any atom is -0.481 e. The first-order valence-electron chi connectivity index (χ1n) is 5.33. The summed E-state index contributed by atoms with van der Waals surface area (Å²) in [7, 11) is 1.38. The second-order valence-corrected chi connectivity index (χ2v) is 5.02. The van der Waals surface area contributed by atoms with Gasteiger partial charge in [0, 0.05) is 18.3 Å². The highest BCUT2D eigenvalue weighted by Gasteiger charge is 2.51. The molecule has 3 amide bonds. The van der Waals surface area contributed by atoms with E-state index in [1.807, 2.05) is 0 Å². The van der Waals surface area contributed by atoms with E-state index in [1.54, 1.807) is 17.5 Å². The molecule has 0 bridgehead atoms. The molecule has 0 saturated carbocycles. The molecule has 1 aliphatic heterocycles. The molecule has 1 aromatic heterocycles. The highest BCUT2D eigenvalue weighted by atomic mass is 32.1. The van der Waals surface area contributed by atoms with Gasteiger partial charge in [-0.2, -0.15) is 0 Å². The van der Waals surface area contributed by atoms with Crippen LogP contribution in [0.25, 0.3) is 0 Å². The zero-order valence-electron chi connectivity index (χ0n) is 9.67. The summed E-state index contributed by atoms with van der Waals surface area (Å²) in [5, 5.41) is 13.2. The Balaban J connectivity index is 2.38. The van der Waals surface area contributed by atoms with E-state index in [0.717, 1.165) is 4.90 Å². The topological polar surface area (TPSA) is 86.7 Å². The molecule has 2 N–H and O–H groups in total. The molecule has 1 aromatic rings. The van der Waals surface area contributed by atoms with E-state index < -0.39 is 23.4 Å². The van der Waals surface area contributed by atoms with Crippen molar-refractivity contribution in [1.29, 1.82) is 0 Å². The lowest BCUT2D eigenvalue weighted by Crippen LogP contribution is -2.43. The summed E-state index contributed by atoms with van der Waals surface area (Å²) in [5.74, 6) is -1.40. The van der Waals surface area contributed by atoms with Crippen molar-refractivity contribution in [2.24, 2.45) is 0 Å². The quantitative estimate of drug-likeness (QED) is 0.797. The van der Waals surface area contributed by atoms with E-state index in [4.69, 9.17) is 5.11 Å². The highest BCUT2D eigenvalue weighted by molar-refractivity contribution is 7.10. The molecule has 6 nitrogen and oxygen atoms in total. The molecule has 0 radical (unpaired) electrons. The van der Waals surface area contributed by atoms with Gasteiger partial charge in [0.15, 0.2) is 5.54 Å². The molecule has 1 atom stereocenters. The van der Waals surface area contributed by atoms with Gasteiger partial charge in [0.25, 0.3) is 5.91 Å². The lowest BCUT2D eigenvalue weighted by Gasteiger charge is -2.24. The number of carboxylic acids is 1. The second-order valence-electron chi connectivity index (χ2n) is 4.07. The number of nitrogens with one attached hydrogen (secondary N) is 1. The van der Waals surface area contributed by atoms with Crippen molar-refractivity contribution in [3.63, 3.8) is 0 Å². The molecule has 7 heteroatoms. The third-order valence-electron chi connectivity index (χ3n) is 2.95. The van der Waals surface area contributed by atoms with E-state index in [-0.39, 0.29) is 12.8 Å². The van der Waals surface area contributed by atoms with Crippen LogP contribution in [-0.4, -0.2) is 35.0 Å². The summed E-state index contributed by atoms with van der Waals surface area (Å²) >= 11 is 1.32. The van der Waals surface area contributed by atoms with Gasteiger partial charge in [0.1, 0.15) is 0 Å². The molecule has 96 valence electrons. The van der Waals surface area contributed by atoms with Crippen molar-refractivity contribution in [3.05, 3.63) is 22.4 Å². The highest BCUT2D eigenvalue weighted by Crippen LogP contribution is 2.35. The fourth-order valence-corrected chi connectivity index (χ4v) is 2.88. The van der Waals surface area contributed by atoms with Crippen LogP contribution in [0.5, 0.6) is 0 Å². The third-order valence-corrected chi connectivity index (χ3v) is 3.98. The number of urea groups is 1. The SMILES string of the molecule is CN1C(=O)NC(CCC(=O)O)(c2cccs2)C1=O. The molecule has 1 unspecified atom stereocenters. The Morgan fingerprint density at radius 1 is 1.56 bits per heavy atom. The normalized spacial score (nSPS) is 23.3. The van der Waals surface area contributed by atoms with Gasteiger partial charge < -0.3 is 10.4 Å². The summed E-state index contributed by atoms with van der Waals surface area (Å²) in [6.07, 6.45) is -0.129. The summed E-state index contributed by atoms with van der Waals surface area (Å²) in [6.45, 7) is 0. The number of amides is 3. The Kier molecular flexibility index (Phi) is 3.08. The van der Waals surface area contributed by atoms with E-state index >= 15 is 0 Å². The molecule has 1 aliphatic rings. The van der Waals surface area contributed by atoms with Gasteiger partial charge in [-0.1, -0.05) is 6.07 Å². The maximum atomic E-state index is 12.2. The van der Waals surface area contributed by atoms with Crippen molar-refractivity contribution in [1.82, 2.24) is 10.2 Å². The zero-order valence-corrected chi connectivity index (χ0v) is 10.5. The molecular weight excluding hydrogens is 256 g/mol. The fourth-order valence-electron chi connectivity index (χ4n) is 1.97. The van der Waals surface area contributed by atoms with Gasteiger partial charge in [0.2, 0.25) is 0 Å². The van der Waals surface area contributed by atoms with Crippen LogP contribution in [0.3, 0.4) is 0 Å². The number of carbonyl (C=O) groups excluding carboxylic acids is 2. The minimum atomic E-state index is -1.22. The van der Waals surface area contributed by atoms with Crippen LogP contribution < -0.4 is 5.32 Å². The number of hydrogen-bond acceptors (Lipinski definition) is 4. The van der Waals surface area contributed by atoms with Gasteiger partial charge in [-0.05, 0) is 17.9 Å². The summed E-state index contributed by atoms with van der Waals surface area (Å²) < 4.78 is 0. The van der Waals surface area contributed by atoms with Crippen LogP contribution in [-0.2, 0) is 15.1 Å². The number of likely N-dealkylation sites (N-methyl/N-ethyl adjacent to an activating group) is 1. The number of thiophene rings is 1. The van der Waals surface area contributed by atoms with Crippen LogP contribution in [0, 0.1) is 0 Å². The lowest BCUT2D eigenvalue weighted by molar-refractivity contribution is -0.138. The van der Waals surface area contributed by atoms with Crippen molar-refractivity contribution >= 4 is 29.2 Å². The van der Waals surface area contributed by atoms with Gasteiger partial charge in [0.05, 0.1) is 0 Å². The average molecular weight is 268 g/mol. The standard InChI is InChI=1S/C11H12N2O4S/c1-13-9(16)11(12-10(13)17,5-4-8(14)15)7-3-2-6-18-7/h2-3,6H,4-5H2,1H3,(H,12,17)(H,14,15). The smallest absolute Gasteiger partial charge is 0.325 e. The van der Waals surface area contributed by atoms with Crippen LogP contribution in [0.1, 0.15) is 17.7 Å². The van der Waals surface area contributed by atoms with E-state index in [9.17, 15) is 14.4 Å². The number of rotatable bonds is 4. The van der Waals surface area contributed by atoms with Crippen molar-refractivity contribution in [3.8, 4) is 0 Å². The average Bonchev–Trinajstić information content (AvgIpc) is 2.91. The molecule has 0 aliphatic carbocycles. The molecule has 1 fully saturated rings. The summed E-state index contributed by atoms with van der Waals surface area (Å²) in [5.41, 5.74) is -1.22. The summed E-state index contributed by atoms with van der Waals surface area (Å²) in [6, 6.07) is 2.99. The molecular formula is C11H12N2O4S. The number of hydrogen-bond donors (Lipinski definition) is 2. The molecule has 18 heavy (non-hydrogen) atoms. The first-order valence-corrected chi connectivity index (χ1v) is 6.21. The maximum Gasteiger partial charge on any atom is 0.325 e. The van der Waals surface area contributed by atoms with Crippen molar-refractivity contribution < 1.29 is 19.5 Å². The molecule has 2 heterocycles. The van der Waals surface area contributed by atoms with Gasteiger partial charge in [-0.25, -0.2) is 4.79 Å². The predicted octanol–water partition coefficient (Wildman–Crippen LogP) is 0.990. The van der Waals surface area contributed by atoms with E-state index in [1.165, 1.54) is 18.4 Å². The lowest BCUT2D eigenvalue weighted by atomic mass is 9.91. The predicted molar refractivity (Wildman–Crippen MR) is 64.2 cm³/mol. The number of nitrogens with zero attached hydrogens (tertiary/aromatic N) is 1. The Labute approximate surface area is 107 Å². The molecule has 2 rings (SSSR count). The largest absolute Gasteiger partial charge is 0.481 e. The van der Waals surface area contributed by atoms with Crippen LogP contribution in [0.15, 0.2) is 17.5 Å². The Morgan fingerprint density at radius 2 is 2.28 bits per heavy atom. The molecule has 1 saturated heterocycles. The Morgan fingerprint density at radius 3 is 2.72 bits per heavy atom. The number of imide groups is 1. The van der Waals surface area contributed by atoms with Crippen molar-refractivity contribution in [2.45, 2.75) is 18.4 Å². The van der Waals surface area contributed by atoms with Gasteiger partial charge in [-0.15, -0.1) is 11.3 Å². The van der Waals surface area contributed by atoms with Crippen LogP contribution in [0.4, 0.5) is 4.79 Å². The van der Waals surface area contributed by atoms with Crippen LogP contribution >= 0.6 is 11.3 Å². The first-order chi connectivity index (χ1) is 8.47. The van der Waals surface area contributed by atoms with E-state index in [0.29, 0.717) is 4.88 Å². The first kappa shape index (κ1) is 12.6. The monoisotopic (exact) mass is 268 g/mol. The molecule has 0 spiro atoms. The maximum absolute atomic E-state index is 12.2. The van der Waals surface area contributed by atoms with Gasteiger partial charge in [-0.3, -0.25) is 14.5 Å².